The predicted octanol–water partition coefficient (Wildman–Crippen LogP) is 1.34. The number of furan rings is 1. The van der Waals surface area contributed by atoms with Crippen molar-refractivity contribution in [3.8, 4) is 0 Å². The van der Waals surface area contributed by atoms with Crippen LogP contribution in [0.2, 0.25) is 0 Å². The average Bonchev–Trinajstić information content (AvgIpc) is 3.11. The summed E-state index contributed by atoms with van der Waals surface area (Å²) < 4.78 is 5.48. The van der Waals surface area contributed by atoms with E-state index in [4.69, 9.17) is 4.42 Å². The summed E-state index contributed by atoms with van der Waals surface area (Å²) in [5.41, 5.74) is 1.93. The Labute approximate surface area is 169 Å². The molecule has 8 heteroatoms. The number of hydrogen-bond acceptors (Lipinski definition) is 5. The fraction of sp³-hybridized carbons (Fsp3) is 0.238. The summed E-state index contributed by atoms with van der Waals surface area (Å²) in [6.07, 6.45) is 1.67. The van der Waals surface area contributed by atoms with Crippen molar-refractivity contribution in [2.45, 2.75) is 18.3 Å². The minimum absolute atomic E-state index is 0.137. The van der Waals surface area contributed by atoms with Crippen LogP contribution in [0.5, 0.6) is 0 Å². The third-order valence-electron chi connectivity index (χ3n) is 4.77. The zero-order chi connectivity index (χ0) is 21.0. The Balaban J connectivity index is 1.84. The van der Waals surface area contributed by atoms with Crippen molar-refractivity contribution >= 4 is 29.9 Å². The van der Waals surface area contributed by atoms with E-state index in [1.165, 1.54) is 11.2 Å². The van der Waals surface area contributed by atoms with Crippen molar-refractivity contribution in [2.75, 3.05) is 14.1 Å². The molecule has 2 unspecified atom stereocenters. The van der Waals surface area contributed by atoms with Gasteiger partial charge < -0.3 is 24.7 Å². The van der Waals surface area contributed by atoms with Gasteiger partial charge in [0.05, 0.1) is 12.2 Å². The van der Waals surface area contributed by atoms with E-state index in [9.17, 15) is 19.6 Å². The Morgan fingerprint density at radius 3 is 2.38 bits per heavy atom. The fourth-order valence-electron chi connectivity index (χ4n) is 3.23. The normalized spacial score (nSPS) is 13.0. The van der Waals surface area contributed by atoms with E-state index >= 15 is 0 Å². The SMILES string of the molecule is CN(C)C(=O)C(C(=O)NC(Cc1coc2ccccc12)B(O)O)c1ccccc1. The van der Waals surface area contributed by atoms with Crippen LogP contribution in [0.25, 0.3) is 11.0 Å². The highest BCUT2D eigenvalue weighted by Crippen LogP contribution is 2.23. The first-order valence-electron chi connectivity index (χ1n) is 9.26. The molecule has 0 fully saturated rings. The maximum Gasteiger partial charge on any atom is 0.475 e. The van der Waals surface area contributed by atoms with Crippen molar-refractivity contribution in [1.29, 1.82) is 0 Å². The van der Waals surface area contributed by atoms with Crippen LogP contribution < -0.4 is 5.32 Å². The highest BCUT2D eigenvalue weighted by atomic mass is 16.4. The molecule has 0 radical (unpaired) electrons. The summed E-state index contributed by atoms with van der Waals surface area (Å²) in [5.74, 6) is -3.09. The van der Waals surface area contributed by atoms with Crippen molar-refractivity contribution in [1.82, 2.24) is 10.2 Å². The third kappa shape index (κ3) is 4.67. The largest absolute Gasteiger partial charge is 0.475 e. The number of benzene rings is 2. The molecule has 2 atom stereocenters. The summed E-state index contributed by atoms with van der Waals surface area (Å²) in [6.45, 7) is 0. The summed E-state index contributed by atoms with van der Waals surface area (Å²) in [7, 11) is 1.33. The number of nitrogens with zero attached hydrogens (tertiary/aromatic N) is 1. The number of amides is 2. The van der Waals surface area contributed by atoms with E-state index in [1.54, 1.807) is 44.4 Å². The molecule has 1 heterocycles. The van der Waals surface area contributed by atoms with Crippen LogP contribution >= 0.6 is 0 Å². The lowest BCUT2D eigenvalue weighted by atomic mass is 9.75. The predicted molar refractivity (Wildman–Crippen MR) is 110 cm³/mol. The molecular weight excluding hydrogens is 371 g/mol. The number of carbonyl (C=O) groups is 2. The number of nitrogens with one attached hydrogen (secondary N) is 1. The van der Waals surface area contributed by atoms with E-state index < -0.39 is 30.8 Å². The first kappa shape index (κ1) is 20.6. The molecule has 3 rings (SSSR count). The standard InChI is InChI=1S/C21H23BN2O5/c1-24(2)21(26)19(14-8-4-3-5-9-14)20(25)23-18(22(27)28)12-15-13-29-17-11-7-6-10-16(15)17/h3-11,13,18-19,27-28H,12H2,1-2H3,(H,23,25). The third-order valence-corrected chi connectivity index (χ3v) is 4.77. The van der Waals surface area contributed by atoms with Gasteiger partial charge in [-0.15, -0.1) is 0 Å². The maximum absolute atomic E-state index is 13.0. The monoisotopic (exact) mass is 394 g/mol. The van der Waals surface area contributed by atoms with Gasteiger partial charge in [-0.25, -0.2) is 0 Å². The first-order chi connectivity index (χ1) is 13.9. The smallest absolute Gasteiger partial charge is 0.464 e. The van der Waals surface area contributed by atoms with E-state index in [0.717, 1.165) is 10.9 Å². The Morgan fingerprint density at radius 1 is 1.07 bits per heavy atom. The molecule has 0 saturated carbocycles. The van der Waals surface area contributed by atoms with Gasteiger partial charge in [-0.05, 0) is 23.6 Å². The quantitative estimate of drug-likeness (QED) is 0.415. The van der Waals surface area contributed by atoms with Gasteiger partial charge in [0.25, 0.3) is 0 Å². The molecule has 0 aliphatic rings. The Bertz CT molecular complexity index is 987. The molecule has 0 spiro atoms. The topological polar surface area (TPSA) is 103 Å². The first-order valence-corrected chi connectivity index (χ1v) is 9.26. The molecular formula is C21H23BN2O5. The molecule has 150 valence electrons. The summed E-state index contributed by atoms with van der Waals surface area (Å²) in [6, 6.07) is 16.0. The van der Waals surface area contributed by atoms with Crippen LogP contribution in [0, 0.1) is 0 Å². The lowest BCUT2D eigenvalue weighted by Gasteiger charge is -2.24. The number of fused-ring (bicyclic) bond motifs is 1. The molecule has 0 aliphatic heterocycles. The Hall–Kier alpha value is -3.10. The molecule has 0 saturated heterocycles. The highest BCUT2D eigenvalue weighted by molar-refractivity contribution is 6.43. The number of para-hydroxylation sites is 1. The Kier molecular flexibility index (Phi) is 6.36. The summed E-state index contributed by atoms with van der Waals surface area (Å²) in [5, 5.41) is 23.1. The summed E-state index contributed by atoms with van der Waals surface area (Å²) >= 11 is 0. The van der Waals surface area contributed by atoms with Gasteiger partial charge in [-0.2, -0.15) is 0 Å². The van der Waals surface area contributed by atoms with Crippen LogP contribution in [0.3, 0.4) is 0 Å². The second kappa shape index (κ2) is 8.94. The molecule has 2 aromatic carbocycles. The van der Waals surface area contributed by atoms with Gasteiger partial charge >= 0.3 is 7.12 Å². The van der Waals surface area contributed by atoms with Crippen LogP contribution in [-0.4, -0.2) is 53.9 Å². The molecule has 7 nitrogen and oxygen atoms in total. The van der Waals surface area contributed by atoms with E-state index in [0.29, 0.717) is 11.1 Å². The second-order valence-corrected chi connectivity index (χ2v) is 7.07. The average molecular weight is 394 g/mol. The molecule has 0 bridgehead atoms. The maximum atomic E-state index is 13.0. The van der Waals surface area contributed by atoms with Gasteiger partial charge in [0.2, 0.25) is 11.8 Å². The van der Waals surface area contributed by atoms with Crippen molar-refractivity contribution in [2.24, 2.45) is 0 Å². The summed E-state index contributed by atoms with van der Waals surface area (Å²) in [4.78, 5) is 27.0. The molecule has 2 amide bonds. The van der Waals surface area contributed by atoms with Crippen molar-refractivity contribution in [3.63, 3.8) is 0 Å². The zero-order valence-electron chi connectivity index (χ0n) is 16.3. The van der Waals surface area contributed by atoms with E-state index in [2.05, 4.69) is 5.32 Å². The van der Waals surface area contributed by atoms with Crippen molar-refractivity contribution in [3.05, 3.63) is 72.0 Å². The molecule has 0 aliphatic carbocycles. The number of rotatable bonds is 7. The minimum atomic E-state index is -1.81. The number of carbonyl (C=O) groups excluding carboxylic acids is 2. The fourth-order valence-corrected chi connectivity index (χ4v) is 3.23. The molecule has 29 heavy (non-hydrogen) atoms. The van der Waals surface area contributed by atoms with Gasteiger partial charge in [0, 0.05) is 19.5 Å². The zero-order valence-corrected chi connectivity index (χ0v) is 16.3. The van der Waals surface area contributed by atoms with Gasteiger partial charge in [0.15, 0.2) is 0 Å². The Morgan fingerprint density at radius 2 is 1.72 bits per heavy atom. The van der Waals surface area contributed by atoms with Crippen LogP contribution in [0.4, 0.5) is 0 Å². The highest BCUT2D eigenvalue weighted by Gasteiger charge is 2.34. The molecule has 1 aromatic heterocycles. The van der Waals surface area contributed by atoms with E-state index in [-0.39, 0.29) is 6.42 Å². The lowest BCUT2D eigenvalue weighted by Crippen LogP contribution is -2.51. The number of hydrogen-bond donors (Lipinski definition) is 3. The molecule has 3 N–H and O–H groups in total. The second-order valence-electron chi connectivity index (χ2n) is 7.07. The molecule has 3 aromatic rings. The van der Waals surface area contributed by atoms with Crippen LogP contribution in [0.15, 0.2) is 65.3 Å². The lowest BCUT2D eigenvalue weighted by molar-refractivity contribution is -0.136. The van der Waals surface area contributed by atoms with Gasteiger partial charge in [0.1, 0.15) is 11.5 Å². The van der Waals surface area contributed by atoms with Crippen LogP contribution in [-0.2, 0) is 16.0 Å². The van der Waals surface area contributed by atoms with E-state index in [1.807, 2.05) is 24.3 Å². The van der Waals surface area contributed by atoms with Gasteiger partial charge in [-0.3, -0.25) is 9.59 Å². The van der Waals surface area contributed by atoms with Crippen LogP contribution in [0.1, 0.15) is 17.0 Å². The number of likely N-dealkylation sites (N-methyl/N-ethyl adjacent to an activating group) is 1. The van der Waals surface area contributed by atoms with Crippen molar-refractivity contribution < 1.29 is 24.1 Å². The van der Waals surface area contributed by atoms with Gasteiger partial charge in [-0.1, -0.05) is 48.5 Å². The minimum Gasteiger partial charge on any atom is -0.464 e.